The number of pyridine rings is 1. The van der Waals surface area contributed by atoms with Crippen LogP contribution in [0.3, 0.4) is 0 Å². The van der Waals surface area contributed by atoms with Crippen LogP contribution in [0.1, 0.15) is 11.6 Å². The Balaban J connectivity index is 1.39. The van der Waals surface area contributed by atoms with Gasteiger partial charge in [-0.25, -0.2) is 15.0 Å². The minimum absolute atomic E-state index is 0.251. The standard InChI is InChI=1S/C20H17N7/c21-20-24-9-14(10-25-20)18-19(23-8-7-22-18)15-11-27(12-15)17-6-5-13-3-1-2-4-16(13)26-17/h1-10,15H,11-12H2,(H2,21,24,25). The number of aromatic nitrogens is 5. The number of hydrogen-bond donors (Lipinski definition) is 1. The van der Waals surface area contributed by atoms with E-state index in [1.807, 2.05) is 18.2 Å². The van der Waals surface area contributed by atoms with Crippen LogP contribution in [0.15, 0.2) is 61.2 Å². The zero-order valence-corrected chi connectivity index (χ0v) is 14.5. The number of rotatable bonds is 3. The lowest BCUT2D eigenvalue weighted by atomic mass is 9.93. The largest absolute Gasteiger partial charge is 0.368 e. The molecular formula is C20H17N7. The molecule has 4 heterocycles. The number of nitrogens with zero attached hydrogens (tertiary/aromatic N) is 6. The lowest BCUT2D eigenvalue weighted by Crippen LogP contribution is -2.46. The van der Waals surface area contributed by atoms with Crippen molar-refractivity contribution in [3.05, 3.63) is 66.9 Å². The van der Waals surface area contributed by atoms with Crippen LogP contribution in [0.5, 0.6) is 0 Å². The predicted octanol–water partition coefficient (Wildman–Crippen LogP) is 2.67. The van der Waals surface area contributed by atoms with Gasteiger partial charge in [0.1, 0.15) is 5.82 Å². The van der Waals surface area contributed by atoms with Crippen molar-refractivity contribution in [3.8, 4) is 11.3 Å². The first-order chi connectivity index (χ1) is 13.3. The Labute approximate surface area is 156 Å². The highest BCUT2D eigenvalue weighted by molar-refractivity contribution is 5.80. The van der Waals surface area contributed by atoms with E-state index < -0.39 is 0 Å². The molecule has 0 saturated carbocycles. The van der Waals surface area contributed by atoms with Gasteiger partial charge in [-0.2, -0.15) is 0 Å². The third-order valence-corrected chi connectivity index (χ3v) is 4.85. The van der Waals surface area contributed by atoms with Crippen LogP contribution in [0, 0.1) is 0 Å². The van der Waals surface area contributed by atoms with E-state index in [0.29, 0.717) is 5.92 Å². The van der Waals surface area contributed by atoms with Crippen LogP contribution >= 0.6 is 0 Å². The summed E-state index contributed by atoms with van der Waals surface area (Å²) >= 11 is 0. The van der Waals surface area contributed by atoms with Gasteiger partial charge < -0.3 is 10.6 Å². The number of nitrogen functional groups attached to an aromatic ring is 1. The molecule has 0 atom stereocenters. The van der Waals surface area contributed by atoms with Crippen molar-refractivity contribution in [2.45, 2.75) is 5.92 Å². The van der Waals surface area contributed by atoms with Crippen molar-refractivity contribution in [1.29, 1.82) is 0 Å². The lowest BCUT2D eigenvalue weighted by Gasteiger charge is -2.40. The van der Waals surface area contributed by atoms with E-state index >= 15 is 0 Å². The number of nitrogens with two attached hydrogens (primary N) is 1. The number of benzene rings is 1. The maximum Gasteiger partial charge on any atom is 0.219 e. The molecule has 0 spiro atoms. The van der Waals surface area contributed by atoms with Crippen LogP contribution in [0.25, 0.3) is 22.2 Å². The van der Waals surface area contributed by atoms with Gasteiger partial charge in [-0.15, -0.1) is 0 Å². The van der Waals surface area contributed by atoms with E-state index in [2.05, 4.69) is 43.0 Å². The normalized spacial score (nSPS) is 14.3. The molecule has 132 valence electrons. The number of para-hydroxylation sites is 1. The fourth-order valence-electron chi connectivity index (χ4n) is 3.40. The number of fused-ring (bicyclic) bond motifs is 1. The molecule has 0 aliphatic carbocycles. The van der Waals surface area contributed by atoms with Crippen LogP contribution in [0.2, 0.25) is 0 Å². The predicted molar refractivity (Wildman–Crippen MR) is 104 cm³/mol. The molecule has 2 N–H and O–H groups in total. The Morgan fingerprint density at radius 1 is 0.889 bits per heavy atom. The molecule has 1 aliphatic heterocycles. The highest BCUT2D eigenvalue weighted by atomic mass is 15.2. The summed E-state index contributed by atoms with van der Waals surface area (Å²) in [5.41, 5.74) is 9.20. The van der Waals surface area contributed by atoms with E-state index in [1.54, 1.807) is 24.8 Å². The minimum atomic E-state index is 0.251. The average Bonchev–Trinajstić information content (AvgIpc) is 2.68. The molecular weight excluding hydrogens is 338 g/mol. The summed E-state index contributed by atoms with van der Waals surface area (Å²) in [7, 11) is 0. The molecule has 1 aromatic carbocycles. The SMILES string of the molecule is Nc1ncc(-c2nccnc2C2CN(c3ccc4ccccc4n3)C2)cn1. The fourth-order valence-corrected chi connectivity index (χ4v) is 3.40. The first kappa shape index (κ1) is 15.6. The molecule has 1 aliphatic rings. The van der Waals surface area contributed by atoms with Gasteiger partial charge in [-0.05, 0) is 18.2 Å². The number of anilines is 2. The third-order valence-electron chi connectivity index (χ3n) is 4.85. The zero-order valence-electron chi connectivity index (χ0n) is 14.5. The van der Waals surface area contributed by atoms with Crippen molar-refractivity contribution in [2.24, 2.45) is 0 Å². The van der Waals surface area contributed by atoms with E-state index in [4.69, 9.17) is 10.7 Å². The van der Waals surface area contributed by atoms with E-state index in [9.17, 15) is 0 Å². The topological polar surface area (TPSA) is 93.7 Å². The molecule has 7 heteroatoms. The Morgan fingerprint density at radius 2 is 1.67 bits per heavy atom. The van der Waals surface area contributed by atoms with Gasteiger partial charge in [0.25, 0.3) is 0 Å². The quantitative estimate of drug-likeness (QED) is 0.604. The van der Waals surface area contributed by atoms with Gasteiger partial charge in [-0.3, -0.25) is 9.97 Å². The summed E-state index contributed by atoms with van der Waals surface area (Å²) in [5.74, 6) is 1.53. The third kappa shape index (κ3) is 2.83. The maximum atomic E-state index is 5.59. The van der Waals surface area contributed by atoms with Crippen LogP contribution < -0.4 is 10.6 Å². The second-order valence-electron chi connectivity index (χ2n) is 6.58. The number of hydrogen-bond acceptors (Lipinski definition) is 7. The van der Waals surface area contributed by atoms with Gasteiger partial charge >= 0.3 is 0 Å². The van der Waals surface area contributed by atoms with Crippen molar-refractivity contribution >= 4 is 22.7 Å². The van der Waals surface area contributed by atoms with E-state index in [1.165, 1.54) is 0 Å². The van der Waals surface area contributed by atoms with Crippen LogP contribution in [-0.4, -0.2) is 38.0 Å². The van der Waals surface area contributed by atoms with Gasteiger partial charge in [0, 0.05) is 54.7 Å². The van der Waals surface area contributed by atoms with Crippen molar-refractivity contribution in [1.82, 2.24) is 24.9 Å². The summed E-state index contributed by atoms with van der Waals surface area (Å²) in [6.07, 6.45) is 6.80. The summed E-state index contributed by atoms with van der Waals surface area (Å²) in [6.45, 7) is 1.71. The van der Waals surface area contributed by atoms with Crippen LogP contribution in [0.4, 0.5) is 11.8 Å². The summed E-state index contributed by atoms with van der Waals surface area (Å²) in [6, 6.07) is 12.3. The molecule has 5 rings (SSSR count). The monoisotopic (exact) mass is 355 g/mol. The van der Waals surface area contributed by atoms with Crippen molar-refractivity contribution in [2.75, 3.05) is 23.7 Å². The highest BCUT2D eigenvalue weighted by Crippen LogP contribution is 2.34. The molecule has 4 aromatic rings. The minimum Gasteiger partial charge on any atom is -0.368 e. The van der Waals surface area contributed by atoms with E-state index in [-0.39, 0.29) is 5.95 Å². The van der Waals surface area contributed by atoms with Gasteiger partial charge in [-0.1, -0.05) is 18.2 Å². The Bertz CT molecular complexity index is 1100. The van der Waals surface area contributed by atoms with Gasteiger partial charge in [0.05, 0.1) is 16.9 Å². The first-order valence-corrected chi connectivity index (χ1v) is 8.77. The Hall–Kier alpha value is -3.61. The maximum absolute atomic E-state index is 5.59. The molecule has 0 radical (unpaired) electrons. The molecule has 1 fully saturated rings. The Kier molecular flexibility index (Phi) is 3.64. The van der Waals surface area contributed by atoms with Crippen molar-refractivity contribution < 1.29 is 0 Å². The smallest absolute Gasteiger partial charge is 0.219 e. The molecule has 1 saturated heterocycles. The lowest BCUT2D eigenvalue weighted by molar-refractivity contribution is 0.509. The highest BCUT2D eigenvalue weighted by Gasteiger charge is 2.32. The van der Waals surface area contributed by atoms with Crippen molar-refractivity contribution in [3.63, 3.8) is 0 Å². The second kappa shape index (κ2) is 6.28. The summed E-state index contributed by atoms with van der Waals surface area (Å²) in [5, 5.41) is 1.15. The zero-order chi connectivity index (χ0) is 18.2. The summed E-state index contributed by atoms with van der Waals surface area (Å²) < 4.78 is 0. The van der Waals surface area contributed by atoms with E-state index in [0.717, 1.165) is 46.8 Å². The fraction of sp³-hybridized carbons (Fsp3) is 0.150. The molecule has 3 aromatic heterocycles. The van der Waals surface area contributed by atoms with Gasteiger partial charge in [0.2, 0.25) is 5.95 Å². The molecule has 0 unspecified atom stereocenters. The second-order valence-corrected chi connectivity index (χ2v) is 6.58. The Morgan fingerprint density at radius 3 is 2.52 bits per heavy atom. The first-order valence-electron chi connectivity index (χ1n) is 8.77. The summed E-state index contributed by atoms with van der Waals surface area (Å²) in [4.78, 5) is 24.3. The molecule has 0 amide bonds. The van der Waals surface area contributed by atoms with Crippen LogP contribution in [-0.2, 0) is 0 Å². The molecule has 27 heavy (non-hydrogen) atoms. The molecule has 0 bridgehead atoms. The van der Waals surface area contributed by atoms with Gasteiger partial charge in [0.15, 0.2) is 0 Å². The molecule has 7 nitrogen and oxygen atoms in total. The average molecular weight is 355 g/mol.